The Morgan fingerprint density at radius 2 is 1.92 bits per heavy atom. The highest BCUT2D eigenvalue weighted by atomic mass is 32.2. The van der Waals surface area contributed by atoms with Crippen LogP contribution in [0.3, 0.4) is 0 Å². The average Bonchev–Trinajstić information content (AvgIpc) is 2.97. The van der Waals surface area contributed by atoms with Gasteiger partial charge in [0.15, 0.2) is 0 Å². The van der Waals surface area contributed by atoms with E-state index in [2.05, 4.69) is 31.3 Å². The summed E-state index contributed by atoms with van der Waals surface area (Å²) >= 11 is 1.44. The number of nitrogens with one attached hydrogen (secondary N) is 1. The van der Waals surface area contributed by atoms with Crippen molar-refractivity contribution in [2.24, 2.45) is 0 Å². The zero-order chi connectivity index (χ0) is 19.3. The first-order chi connectivity index (χ1) is 12.3. The lowest BCUT2D eigenvalue weighted by Gasteiger charge is -2.15. The molecule has 0 saturated carbocycles. The minimum absolute atomic E-state index is 0.0304. The maximum absolute atomic E-state index is 12.2. The molecule has 0 unspecified atom stereocenters. The van der Waals surface area contributed by atoms with Gasteiger partial charge in [-0.1, -0.05) is 18.2 Å². The minimum atomic E-state index is -0.414. The second-order valence-electron chi connectivity index (χ2n) is 6.30. The van der Waals surface area contributed by atoms with Gasteiger partial charge in [0.05, 0.1) is 24.7 Å². The van der Waals surface area contributed by atoms with E-state index in [0.717, 1.165) is 5.56 Å². The summed E-state index contributed by atoms with van der Waals surface area (Å²) in [6.45, 7) is 7.84. The van der Waals surface area contributed by atoms with E-state index in [1.807, 2.05) is 13.0 Å². The predicted molar refractivity (Wildman–Crippen MR) is 103 cm³/mol. The molecule has 0 spiro atoms. The van der Waals surface area contributed by atoms with Crippen molar-refractivity contribution in [3.8, 4) is 0 Å². The Labute approximate surface area is 158 Å². The Bertz CT molecular complexity index is 797. The highest BCUT2D eigenvalue weighted by Gasteiger charge is 2.16. The quantitative estimate of drug-likeness (QED) is 0.738. The van der Waals surface area contributed by atoms with E-state index >= 15 is 0 Å². The molecule has 1 aromatic carbocycles. The molecule has 0 fully saturated rings. The second kappa shape index (κ2) is 8.94. The van der Waals surface area contributed by atoms with Crippen molar-refractivity contribution >= 4 is 23.6 Å². The first kappa shape index (κ1) is 20.1. The zero-order valence-corrected chi connectivity index (χ0v) is 16.7. The maximum atomic E-state index is 12.2. The van der Waals surface area contributed by atoms with Crippen LogP contribution in [-0.4, -0.2) is 24.7 Å². The van der Waals surface area contributed by atoms with Crippen LogP contribution in [0.25, 0.3) is 0 Å². The number of carbonyl (C=O) groups excluding carboxylic acids is 2. The molecule has 1 aromatic heterocycles. The Morgan fingerprint density at radius 1 is 1.19 bits per heavy atom. The lowest BCUT2D eigenvalue weighted by Crippen LogP contribution is -2.28. The number of amides is 1. The summed E-state index contributed by atoms with van der Waals surface area (Å²) in [5.74, 6) is 1.58. The molecule has 26 heavy (non-hydrogen) atoms. The lowest BCUT2D eigenvalue weighted by molar-refractivity contribution is -0.119. The van der Waals surface area contributed by atoms with Crippen molar-refractivity contribution in [2.45, 2.75) is 39.5 Å². The molecule has 1 amide bonds. The summed E-state index contributed by atoms with van der Waals surface area (Å²) in [5.41, 5.74) is 3.97. The fraction of sp³-hybridized carbons (Fsp3) is 0.400. The van der Waals surface area contributed by atoms with Gasteiger partial charge in [0.1, 0.15) is 17.1 Å². The Balaban J connectivity index is 1.83. The largest absolute Gasteiger partial charge is 0.465 e. The van der Waals surface area contributed by atoms with E-state index in [1.54, 1.807) is 13.0 Å². The van der Waals surface area contributed by atoms with E-state index in [9.17, 15) is 9.59 Å². The van der Waals surface area contributed by atoms with Crippen LogP contribution in [0.4, 0.5) is 0 Å². The third kappa shape index (κ3) is 5.14. The van der Waals surface area contributed by atoms with E-state index in [1.165, 1.54) is 30.0 Å². The molecular formula is C20H25NO4S. The minimum Gasteiger partial charge on any atom is -0.465 e. The van der Waals surface area contributed by atoms with Gasteiger partial charge in [-0.2, -0.15) is 0 Å². The molecule has 0 aliphatic heterocycles. The molecule has 2 rings (SSSR count). The zero-order valence-electron chi connectivity index (χ0n) is 15.8. The lowest BCUT2D eigenvalue weighted by atomic mass is 10.0. The Kier molecular flexibility index (Phi) is 6.91. The molecule has 0 saturated heterocycles. The number of thioether (sulfide) groups is 1. The Morgan fingerprint density at radius 3 is 2.58 bits per heavy atom. The van der Waals surface area contributed by atoms with Gasteiger partial charge in [-0.15, -0.1) is 11.8 Å². The molecular weight excluding hydrogens is 350 g/mol. The molecule has 0 radical (unpaired) electrons. The van der Waals surface area contributed by atoms with Gasteiger partial charge in [-0.25, -0.2) is 4.79 Å². The monoisotopic (exact) mass is 375 g/mol. The van der Waals surface area contributed by atoms with Gasteiger partial charge in [-0.3, -0.25) is 4.79 Å². The topological polar surface area (TPSA) is 68.5 Å². The van der Waals surface area contributed by atoms with Gasteiger partial charge in [-0.05, 0) is 50.5 Å². The molecule has 0 aliphatic rings. The number of hydrogen-bond donors (Lipinski definition) is 1. The first-order valence-corrected chi connectivity index (χ1v) is 9.59. The number of methoxy groups -OCH3 is 1. The fourth-order valence-corrected chi connectivity index (χ4v) is 3.29. The number of hydrogen-bond acceptors (Lipinski definition) is 5. The number of furan rings is 1. The van der Waals surface area contributed by atoms with Crippen molar-refractivity contribution < 1.29 is 18.7 Å². The summed E-state index contributed by atoms with van der Waals surface area (Å²) in [4.78, 5) is 23.7. The summed E-state index contributed by atoms with van der Waals surface area (Å²) in [7, 11) is 1.34. The molecule has 5 nitrogen and oxygen atoms in total. The number of aryl methyl sites for hydroxylation is 3. The van der Waals surface area contributed by atoms with Crippen molar-refractivity contribution in [2.75, 3.05) is 12.9 Å². The third-order valence-electron chi connectivity index (χ3n) is 4.26. The van der Waals surface area contributed by atoms with Crippen molar-refractivity contribution in [3.63, 3.8) is 0 Å². The summed E-state index contributed by atoms with van der Waals surface area (Å²) in [5, 5.41) is 3.01. The van der Waals surface area contributed by atoms with Crippen molar-refractivity contribution in [1.29, 1.82) is 0 Å². The van der Waals surface area contributed by atoms with Crippen molar-refractivity contribution in [1.82, 2.24) is 5.32 Å². The molecule has 140 valence electrons. The van der Waals surface area contributed by atoms with Crippen LogP contribution < -0.4 is 5.32 Å². The average molecular weight is 375 g/mol. The van der Waals surface area contributed by atoms with Crippen LogP contribution in [0.1, 0.15) is 51.5 Å². The predicted octanol–water partition coefficient (Wildman–Crippen LogP) is 4.10. The molecule has 0 bridgehead atoms. The first-order valence-electron chi connectivity index (χ1n) is 8.43. The number of ether oxygens (including phenoxy) is 1. The number of benzene rings is 1. The van der Waals surface area contributed by atoms with E-state index < -0.39 is 5.97 Å². The molecule has 1 heterocycles. The SMILES string of the molecule is COC(=O)c1cc(CSCC(=O)N[C@@H](C)c2ccc(C)c(C)c2)oc1C. The van der Waals surface area contributed by atoms with Crippen molar-refractivity contribution in [3.05, 3.63) is 58.0 Å². The smallest absolute Gasteiger partial charge is 0.341 e. The highest BCUT2D eigenvalue weighted by Crippen LogP contribution is 2.21. The van der Waals surface area contributed by atoms with Crippen LogP contribution in [0.15, 0.2) is 28.7 Å². The summed E-state index contributed by atoms with van der Waals surface area (Å²) < 4.78 is 10.2. The molecule has 6 heteroatoms. The molecule has 1 N–H and O–H groups in total. The number of esters is 1. The normalized spacial score (nSPS) is 11.9. The summed E-state index contributed by atoms with van der Waals surface area (Å²) in [6, 6.07) is 7.84. The molecule has 2 aromatic rings. The van der Waals surface area contributed by atoms with E-state index in [0.29, 0.717) is 28.6 Å². The van der Waals surface area contributed by atoms with Crippen LogP contribution >= 0.6 is 11.8 Å². The van der Waals surface area contributed by atoms with Crippen LogP contribution in [0.2, 0.25) is 0 Å². The standard InChI is InChI=1S/C20H25NO4S/c1-12-6-7-16(8-13(12)2)14(3)21-19(22)11-26-10-17-9-18(15(4)25-17)20(23)24-5/h6-9,14H,10-11H2,1-5H3,(H,21,22)/t14-/m0/s1. The number of rotatable bonds is 7. The molecule has 1 atom stereocenters. The Hall–Kier alpha value is -2.21. The fourth-order valence-electron chi connectivity index (χ4n) is 2.57. The van der Waals surface area contributed by atoms with Gasteiger partial charge < -0.3 is 14.5 Å². The second-order valence-corrected chi connectivity index (χ2v) is 7.29. The molecule has 0 aliphatic carbocycles. The van der Waals surface area contributed by atoms with Gasteiger partial charge in [0.2, 0.25) is 5.91 Å². The van der Waals surface area contributed by atoms with Gasteiger partial charge in [0.25, 0.3) is 0 Å². The van der Waals surface area contributed by atoms with Crippen LogP contribution in [0.5, 0.6) is 0 Å². The van der Waals surface area contributed by atoms with Crippen LogP contribution in [0, 0.1) is 20.8 Å². The van der Waals surface area contributed by atoms with Gasteiger partial charge in [0, 0.05) is 0 Å². The van der Waals surface area contributed by atoms with E-state index in [-0.39, 0.29) is 11.9 Å². The van der Waals surface area contributed by atoms with Gasteiger partial charge >= 0.3 is 5.97 Å². The summed E-state index contributed by atoms with van der Waals surface area (Å²) in [6.07, 6.45) is 0. The van der Waals surface area contributed by atoms with Crippen LogP contribution in [-0.2, 0) is 15.3 Å². The number of carbonyl (C=O) groups is 2. The highest BCUT2D eigenvalue weighted by molar-refractivity contribution is 7.99. The third-order valence-corrected chi connectivity index (χ3v) is 5.22. The van der Waals surface area contributed by atoms with E-state index in [4.69, 9.17) is 9.15 Å². The maximum Gasteiger partial charge on any atom is 0.341 e.